The number of piperazine rings is 1. The highest BCUT2D eigenvalue weighted by Gasteiger charge is 2.22. The lowest BCUT2D eigenvalue weighted by Gasteiger charge is -2.34. The molecule has 2 heterocycles. The Hall–Kier alpha value is -3.06. The third kappa shape index (κ3) is 4.43. The predicted molar refractivity (Wildman–Crippen MR) is 108 cm³/mol. The first-order valence-electron chi connectivity index (χ1n) is 9.56. The molecule has 0 atom stereocenters. The van der Waals surface area contributed by atoms with Crippen molar-refractivity contribution in [2.45, 2.75) is 6.42 Å². The fraction of sp³-hybridized carbons (Fsp3) is 0.333. The second-order valence-electron chi connectivity index (χ2n) is 7.04. The number of hydrogen-bond acceptors (Lipinski definition) is 4. The fourth-order valence-electron chi connectivity index (χ4n) is 3.46. The van der Waals surface area contributed by atoms with Gasteiger partial charge in [0.15, 0.2) is 6.61 Å². The van der Waals surface area contributed by atoms with Gasteiger partial charge in [-0.25, -0.2) is 4.79 Å². The van der Waals surface area contributed by atoms with Crippen LogP contribution in [0.25, 0.3) is 0 Å². The predicted octanol–water partition coefficient (Wildman–Crippen LogP) is 2.41. The Labute approximate surface area is 164 Å². The van der Waals surface area contributed by atoms with Crippen molar-refractivity contribution in [2.24, 2.45) is 0 Å². The van der Waals surface area contributed by atoms with E-state index in [4.69, 9.17) is 4.74 Å². The van der Waals surface area contributed by atoms with E-state index in [2.05, 4.69) is 39.8 Å². The fourth-order valence-corrected chi connectivity index (χ4v) is 3.46. The molecule has 0 bridgehead atoms. The molecule has 1 fully saturated rings. The lowest BCUT2D eigenvalue weighted by Crippen LogP contribution is -2.50. The van der Waals surface area contributed by atoms with Crippen molar-refractivity contribution in [3.63, 3.8) is 0 Å². The van der Waals surface area contributed by atoms with Gasteiger partial charge in [0.25, 0.3) is 5.91 Å². The van der Waals surface area contributed by atoms with Crippen LogP contribution in [0.4, 0.5) is 16.2 Å². The summed E-state index contributed by atoms with van der Waals surface area (Å²) < 4.78 is 5.40. The van der Waals surface area contributed by atoms with E-state index in [9.17, 15) is 9.59 Å². The molecule has 2 aliphatic heterocycles. The van der Waals surface area contributed by atoms with Crippen LogP contribution < -0.4 is 15.4 Å². The molecular formula is C21H24N4O3. The molecule has 0 saturated carbocycles. The monoisotopic (exact) mass is 380 g/mol. The van der Waals surface area contributed by atoms with Gasteiger partial charge in [-0.1, -0.05) is 30.3 Å². The first-order chi connectivity index (χ1) is 13.7. The minimum atomic E-state index is -0.172. The Morgan fingerprint density at radius 1 is 1.07 bits per heavy atom. The Morgan fingerprint density at radius 2 is 1.86 bits per heavy atom. The molecule has 7 heteroatoms. The second kappa shape index (κ2) is 8.31. The molecular weight excluding hydrogens is 356 g/mol. The molecule has 1 saturated heterocycles. The van der Waals surface area contributed by atoms with Gasteiger partial charge in [-0.2, -0.15) is 0 Å². The number of nitrogens with one attached hydrogen (secondary N) is 2. The third-order valence-electron chi connectivity index (χ3n) is 5.08. The van der Waals surface area contributed by atoms with Crippen molar-refractivity contribution in [3.8, 4) is 5.75 Å². The number of ether oxygens (including phenoxy) is 1. The van der Waals surface area contributed by atoms with Crippen LogP contribution in [0.15, 0.2) is 48.5 Å². The largest absolute Gasteiger partial charge is 0.482 e. The zero-order valence-electron chi connectivity index (χ0n) is 15.7. The first-order valence-corrected chi connectivity index (χ1v) is 9.56. The van der Waals surface area contributed by atoms with Crippen LogP contribution in [-0.2, 0) is 11.2 Å². The number of rotatable bonds is 4. The quantitative estimate of drug-likeness (QED) is 0.854. The maximum atomic E-state index is 12.6. The zero-order valence-corrected chi connectivity index (χ0v) is 15.7. The van der Waals surface area contributed by atoms with E-state index in [-0.39, 0.29) is 18.5 Å². The maximum absolute atomic E-state index is 12.6. The lowest BCUT2D eigenvalue weighted by molar-refractivity contribution is -0.118. The number of urea groups is 1. The molecule has 4 rings (SSSR count). The summed E-state index contributed by atoms with van der Waals surface area (Å²) in [6, 6.07) is 15.6. The maximum Gasteiger partial charge on any atom is 0.321 e. The molecule has 0 aliphatic carbocycles. The molecule has 7 nitrogen and oxygen atoms in total. The molecule has 2 aromatic rings. The third-order valence-corrected chi connectivity index (χ3v) is 5.08. The zero-order chi connectivity index (χ0) is 19.3. The lowest BCUT2D eigenvalue weighted by atomic mass is 10.1. The Morgan fingerprint density at radius 3 is 2.64 bits per heavy atom. The number of benzene rings is 2. The number of anilines is 2. The number of hydrogen-bond donors (Lipinski definition) is 2. The van der Waals surface area contributed by atoms with Gasteiger partial charge in [0.05, 0.1) is 5.69 Å². The molecule has 0 aromatic heterocycles. The average molecular weight is 380 g/mol. The number of amides is 3. The topological polar surface area (TPSA) is 73.9 Å². The summed E-state index contributed by atoms with van der Waals surface area (Å²) in [4.78, 5) is 28.1. The summed E-state index contributed by atoms with van der Waals surface area (Å²) >= 11 is 0. The van der Waals surface area contributed by atoms with Crippen molar-refractivity contribution < 1.29 is 14.3 Å². The highest BCUT2D eigenvalue weighted by Crippen LogP contribution is 2.30. The molecule has 3 amide bonds. The van der Waals surface area contributed by atoms with E-state index in [1.54, 1.807) is 18.2 Å². The first kappa shape index (κ1) is 18.3. The standard InChI is InChI=1S/C21H24N4O3/c26-20-15-28-19-14-17(6-7-18(19)23-20)22-21(27)25-12-10-24(11-13-25)9-8-16-4-2-1-3-5-16/h1-7,14H,8-13,15H2,(H,22,27)(H,23,26). The SMILES string of the molecule is O=C1COc2cc(NC(=O)N3CCN(CCc4ccccc4)CC3)ccc2N1. The number of carbonyl (C=O) groups excluding carboxylic acids is 2. The van der Waals surface area contributed by atoms with Crippen molar-refractivity contribution >= 4 is 23.3 Å². The van der Waals surface area contributed by atoms with Crippen LogP contribution in [-0.4, -0.2) is 61.1 Å². The summed E-state index contributed by atoms with van der Waals surface area (Å²) in [6.45, 7) is 4.16. The van der Waals surface area contributed by atoms with Crippen molar-refractivity contribution in [2.75, 3.05) is 50.0 Å². The van der Waals surface area contributed by atoms with Gasteiger partial charge in [-0.15, -0.1) is 0 Å². The molecule has 2 aliphatic rings. The summed E-state index contributed by atoms with van der Waals surface area (Å²) in [6.07, 6.45) is 1.03. The van der Waals surface area contributed by atoms with E-state index < -0.39 is 0 Å². The van der Waals surface area contributed by atoms with Gasteiger partial charge in [0, 0.05) is 44.5 Å². The molecule has 0 radical (unpaired) electrons. The summed E-state index contributed by atoms with van der Waals surface area (Å²) in [7, 11) is 0. The van der Waals surface area contributed by atoms with E-state index in [0.717, 1.165) is 26.1 Å². The van der Waals surface area contributed by atoms with Crippen molar-refractivity contribution in [1.29, 1.82) is 0 Å². The Bertz CT molecular complexity index is 848. The van der Waals surface area contributed by atoms with Gasteiger partial charge in [0.1, 0.15) is 5.75 Å². The Kier molecular flexibility index (Phi) is 5.43. The van der Waals surface area contributed by atoms with Gasteiger partial charge < -0.3 is 20.3 Å². The minimum Gasteiger partial charge on any atom is -0.482 e. The molecule has 28 heavy (non-hydrogen) atoms. The van der Waals surface area contributed by atoms with Crippen LogP contribution in [0, 0.1) is 0 Å². The van der Waals surface area contributed by atoms with E-state index in [1.165, 1.54) is 5.56 Å². The van der Waals surface area contributed by atoms with Gasteiger partial charge in [-0.3, -0.25) is 9.69 Å². The molecule has 0 spiro atoms. The van der Waals surface area contributed by atoms with Crippen LogP contribution in [0.1, 0.15) is 5.56 Å². The molecule has 0 unspecified atom stereocenters. The smallest absolute Gasteiger partial charge is 0.321 e. The second-order valence-corrected chi connectivity index (χ2v) is 7.04. The van der Waals surface area contributed by atoms with Crippen LogP contribution in [0.5, 0.6) is 5.75 Å². The number of nitrogens with zero attached hydrogens (tertiary/aromatic N) is 2. The molecule has 146 valence electrons. The summed E-state index contributed by atoms with van der Waals surface area (Å²) in [5.74, 6) is 0.401. The van der Waals surface area contributed by atoms with Gasteiger partial charge >= 0.3 is 6.03 Å². The minimum absolute atomic E-state index is 0.00462. The average Bonchev–Trinajstić information content (AvgIpc) is 2.73. The van der Waals surface area contributed by atoms with E-state index in [0.29, 0.717) is 30.2 Å². The van der Waals surface area contributed by atoms with Crippen molar-refractivity contribution in [1.82, 2.24) is 9.80 Å². The molecule has 2 N–H and O–H groups in total. The van der Waals surface area contributed by atoms with Crippen LogP contribution >= 0.6 is 0 Å². The van der Waals surface area contributed by atoms with Crippen LogP contribution in [0.2, 0.25) is 0 Å². The summed E-state index contributed by atoms with van der Waals surface area (Å²) in [5.41, 5.74) is 2.63. The van der Waals surface area contributed by atoms with E-state index in [1.807, 2.05) is 11.0 Å². The Balaban J connectivity index is 1.26. The van der Waals surface area contributed by atoms with Crippen molar-refractivity contribution in [3.05, 3.63) is 54.1 Å². The molecule has 2 aromatic carbocycles. The highest BCUT2D eigenvalue weighted by molar-refractivity contribution is 5.96. The summed E-state index contributed by atoms with van der Waals surface area (Å²) in [5, 5.41) is 5.66. The number of carbonyl (C=O) groups is 2. The van der Waals surface area contributed by atoms with E-state index >= 15 is 0 Å². The normalized spacial score (nSPS) is 16.7. The van der Waals surface area contributed by atoms with Gasteiger partial charge in [-0.05, 0) is 24.1 Å². The number of fused-ring (bicyclic) bond motifs is 1. The van der Waals surface area contributed by atoms with Crippen LogP contribution in [0.3, 0.4) is 0 Å². The highest BCUT2D eigenvalue weighted by atomic mass is 16.5. The van der Waals surface area contributed by atoms with Gasteiger partial charge in [0.2, 0.25) is 0 Å².